The van der Waals surface area contributed by atoms with Crippen LogP contribution in [0.1, 0.15) is 76.4 Å². The first-order valence-corrected chi connectivity index (χ1v) is 7.59. The van der Waals surface area contributed by atoms with Crippen molar-refractivity contribution in [2.75, 3.05) is 0 Å². The van der Waals surface area contributed by atoms with Crippen molar-refractivity contribution in [2.24, 2.45) is 0 Å². The predicted molar refractivity (Wildman–Crippen MR) is 74.7 cm³/mol. The molecule has 0 spiro atoms. The fourth-order valence-electron chi connectivity index (χ4n) is 2.05. The molecule has 1 aromatic heterocycles. The molecule has 0 aliphatic heterocycles. The van der Waals surface area contributed by atoms with E-state index in [0.29, 0.717) is 0 Å². The van der Waals surface area contributed by atoms with Gasteiger partial charge >= 0.3 is 0 Å². The van der Waals surface area contributed by atoms with Gasteiger partial charge in [0.05, 0.1) is 5.38 Å². The molecule has 0 aliphatic carbocycles. The van der Waals surface area contributed by atoms with Gasteiger partial charge in [-0.25, -0.2) is 4.68 Å². The lowest BCUT2D eigenvalue weighted by atomic mass is 10.1. The summed E-state index contributed by atoms with van der Waals surface area (Å²) in [5.41, 5.74) is 0. The number of hydrogen-bond donors (Lipinski definition) is 0. The topological polar surface area (TPSA) is 43.6 Å². The van der Waals surface area contributed by atoms with Crippen LogP contribution in [0, 0.1) is 0 Å². The lowest BCUT2D eigenvalue weighted by Crippen LogP contribution is -2.06. The van der Waals surface area contributed by atoms with Gasteiger partial charge in [-0.2, -0.15) is 0 Å². The van der Waals surface area contributed by atoms with Crippen LogP contribution >= 0.6 is 11.6 Å². The lowest BCUT2D eigenvalue weighted by Gasteiger charge is -2.05. The summed E-state index contributed by atoms with van der Waals surface area (Å²) in [6.07, 6.45) is 10.5. The highest BCUT2D eigenvalue weighted by Gasteiger charge is 2.10. The first-order valence-electron chi connectivity index (χ1n) is 7.15. The molecule has 104 valence electrons. The summed E-state index contributed by atoms with van der Waals surface area (Å²) in [6.45, 7) is 5.04. The van der Waals surface area contributed by atoms with Crippen LogP contribution in [0.5, 0.6) is 0 Å². The largest absolute Gasteiger partial charge is 0.228 e. The van der Waals surface area contributed by atoms with Crippen molar-refractivity contribution in [3.05, 3.63) is 5.82 Å². The van der Waals surface area contributed by atoms with Crippen molar-refractivity contribution < 1.29 is 0 Å². The van der Waals surface area contributed by atoms with Gasteiger partial charge in [-0.1, -0.05) is 51.9 Å². The molecule has 0 bridgehead atoms. The molecule has 1 rings (SSSR count). The summed E-state index contributed by atoms with van der Waals surface area (Å²) in [6, 6.07) is 0. The second-order valence-corrected chi connectivity index (χ2v) is 5.51. The minimum Gasteiger partial charge on any atom is -0.228 e. The Morgan fingerprint density at radius 3 is 2.28 bits per heavy atom. The molecular formula is C13H25ClN4. The van der Waals surface area contributed by atoms with E-state index in [9.17, 15) is 0 Å². The quantitative estimate of drug-likeness (QED) is 0.475. The number of unbranched alkanes of at least 4 members (excludes halogenated alkanes) is 7. The van der Waals surface area contributed by atoms with E-state index in [1.165, 1.54) is 44.9 Å². The van der Waals surface area contributed by atoms with Gasteiger partial charge < -0.3 is 0 Å². The van der Waals surface area contributed by atoms with Gasteiger partial charge in [-0.15, -0.1) is 16.7 Å². The molecular weight excluding hydrogens is 248 g/mol. The monoisotopic (exact) mass is 272 g/mol. The van der Waals surface area contributed by atoms with Crippen LogP contribution in [-0.4, -0.2) is 20.2 Å². The van der Waals surface area contributed by atoms with Gasteiger partial charge in [-0.3, -0.25) is 0 Å². The molecule has 18 heavy (non-hydrogen) atoms. The maximum absolute atomic E-state index is 6.00. The fraction of sp³-hybridized carbons (Fsp3) is 0.923. The summed E-state index contributed by atoms with van der Waals surface area (Å²) in [5.74, 6) is 0.777. The number of alkyl halides is 1. The molecule has 0 fully saturated rings. The minimum absolute atomic E-state index is 0.117. The van der Waals surface area contributed by atoms with Crippen molar-refractivity contribution in [2.45, 2.75) is 77.1 Å². The smallest absolute Gasteiger partial charge is 0.168 e. The standard InChI is InChI=1S/C13H25ClN4/c1-3-4-5-6-7-8-9-10-11-18-13(12(2)14)15-16-17-18/h12H,3-11H2,1-2H3. The fourth-order valence-corrected chi connectivity index (χ4v) is 2.21. The average molecular weight is 273 g/mol. The third kappa shape index (κ3) is 5.80. The third-order valence-electron chi connectivity index (χ3n) is 3.14. The molecule has 0 radical (unpaired) electrons. The highest BCUT2D eigenvalue weighted by atomic mass is 35.5. The molecule has 0 aromatic carbocycles. The molecule has 5 heteroatoms. The first-order chi connectivity index (χ1) is 8.75. The van der Waals surface area contributed by atoms with Gasteiger partial charge in [0.25, 0.3) is 0 Å². The number of nitrogens with zero attached hydrogens (tertiary/aromatic N) is 4. The average Bonchev–Trinajstić information content (AvgIpc) is 2.81. The van der Waals surface area contributed by atoms with Crippen LogP contribution in [-0.2, 0) is 6.54 Å². The molecule has 4 nitrogen and oxygen atoms in total. The summed E-state index contributed by atoms with van der Waals surface area (Å²) < 4.78 is 1.83. The van der Waals surface area contributed by atoms with E-state index in [1.54, 1.807) is 0 Å². The van der Waals surface area contributed by atoms with Crippen LogP contribution < -0.4 is 0 Å². The number of halogens is 1. The van der Waals surface area contributed by atoms with E-state index < -0.39 is 0 Å². The maximum atomic E-state index is 6.00. The predicted octanol–water partition coefficient (Wildman–Crippen LogP) is 4.11. The van der Waals surface area contributed by atoms with Gasteiger partial charge in [-0.05, 0) is 23.8 Å². The lowest BCUT2D eigenvalue weighted by molar-refractivity contribution is 0.498. The van der Waals surface area contributed by atoms with Crippen molar-refractivity contribution in [3.8, 4) is 0 Å². The van der Waals surface area contributed by atoms with Crippen molar-refractivity contribution in [1.82, 2.24) is 20.2 Å². The zero-order chi connectivity index (χ0) is 13.2. The second kappa shape index (κ2) is 9.31. The van der Waals surface area contributed by atoms with E-state index in [1.807, 2.05) is 11.6 Å². The van der Waals surface area contributed by atoms with E-state index in [4.69, 9.17) is 11.6 Å². The number of rotatable bonds is 10. The Hall–Kier alpha value is -0.640. The molecule has 0 saturated heterocycles. The SMILES string of the molecule is CCCCCCCCCCn1nnnc1C(C)Cl. The molecule has 1 heterocycles. The molecule has 0 amide bonds. The van der Waals surface area contributed by atoms with Gasteiger partial charge in [0.2, 0.25) is 0 Å². The zero-order valence-corrected chi connectivity index (χ0v) is 12.4. The highest BCUT2D eigenvalue weighted by Crippen LogP contribution is 2.16. The summed E-state index contributed by atoms with van der Waals surface area (Å²) in [7, 11) is 0. The number of hydrogen-bond acceptors (Lipinski definition) is 3. The van der Waals surface area contributed by atoms with E-state index in [2.05, 4.69) is 22.4 Å². The number of aryl methyl sites for hydroxylation is 1. The normalized spacial score (nSPS) is 12.8. The Labute approximate surface area is 115 Å². The number of aromatic nitrogens is 4. The van der Waals surface area contributed by atoms with Gasteiger partial charge in [0.1, 0.15) is 0 Å². The third-order valence-corrected chi connectivity index (χ3v) is 3.33. The summed E-state index contributed by atoms with van der Waals surface area (Å²) in [5, 5.41) is 11.5. The van der Waals surface area contributed by atoms with Crippen LogP contribution in [0.15, 0.2) is 0 Å². The van der Waals surface area contributed by atoms with Gasteiger partial charge in [0.15, 0.2) is 5.82 Å². The molecule has 1 unspecified atom stereocenters. The van der Waals surface area contributed by atoms with Crippen LogP contribution in [0.3, 0.4) is 0 Å². The number of tetrazole rings is 1. The molecule has 0 saturated carbocycles. The van der Waals surface area contributed by atoms with Crippen molar-refractivity contribution in [1.29, 1.82) is 0 Å². The molecule has 0 aliphatic rings. The highest BCUT2D eigenvalue weighted by molar-refractivity contribution is 6.20. The van der Waals surface area contributed by atoms with E-state index >= 15 is 0 Å². The summed E-state index contributed by atoms with van der Waals surface area (Å²) >= 11 is 6.00. The maximum Gasteiger partial charge on any atom is 0.168 e. The Kier molecular flexibility index (Phi) is 7.98. The van der Waals surface area contributed by atoms with Crippen LogP contribution in [0.25, 0.3) is 0 Å². The Morgan fingerprint density at radius 1 is 1.06 bits per heavy atom. The first kappa shape index (κ1) is 15.4. The summed E-state index contributed by atoms with van der Waals surface area (Å²) in [4.78, 5) is 0. The van der Waals surface area contributed by atoms with Crippen molar-refractivity contribution >= 4 is 11.6 Å². The molecule has 1 atom stereocenters. The van der Waals surface area contributed by atoms with Crippen LogP contribution in [0.2, 0.25) is 0 Å². The second-order valence-electron chi connectivity index (χ2n) is 4.85. The Bertz CT molecular complexity index is 312. The van der Waals surface area contributed by atoms with E-state index in [0.717, 1.165) is 18.8 Å². The Morgan fingerprint density at radius 2 is 1.67 bits per heavy atom. The van der Waals surface area contributed by atoms with E-state index in [-0.39, 0.29) is 5.38 Å². The molecule has 0 N–H and O–H groups in total. The van der Waals surface area contributed by atoms with Crippen molar-refractivity contribution in [3.63, 3.8) is 0 Å². The van der Waals surface area contributed by atoms with Crippen LogP contribution in [0.4, 0.5) is 0 Å². The zero-order valence-electron chi connectivity index (χ0n) is 11.6. The minimum atomic E-state index is -0.117. The van der Waals surface area contributed by atoms with Gasteiger partial charge in [0, 0.05) is 6.54 Å². The Balaban J connectivity index is 2.05. The molecule has 1 aromatic rings.